The number of hydrogen-bond acceptors (Lipinski definition) is 2. The third-order valence-corrected chi connectivity index (χ3v) is 5.31. The van der Waals surface area contributed by atoms with Crippen molar-refractivity contribution in [2.45, 2.75) is 33.2 Å². The van der Waals surface area contributed by atoms with Crippen molar-refractivity contribution in [1.29, 1.82) is 0 Å². The number of likely N-dealkylation sites (tertiary alicyclic amines) is 1. The molecule has 1 aromatic carbocycles. The van der Waals surface area contributed by atoms with Gasteiger partial charge in [0.05, 0.1) is 5.69 Å². The van der Waals surface area contributed by atoms with Crippen LogP contribution < -0.4 is 0 Å². The van der Waals surface area contributed by atoms with E-state index in [4.69, 9.17) is 0 Å². The molecule has 1 aliphatic rings. The molecule has 3 nitrogen and oxygen atoms in total. The lowest BCUT2D eigenvalue weighted by Crippen LogP contribution is -2.38. The lowest BCUT2D eigenvalue weighted by Gasteiger charge is -2.29. The summed E-state index contributed by atoms with van der Waals surface area (Å²) in [5.74, 6) is 0.120. The van der Waals surface area contributed by atoms with Crippen LogP contribution in [0.1, 0.15) is 43.1 Å². The van der Waals surface area contributed by atoms with Gasteiger partial charge in [0.15, 0.2) is 0 Å². The molecule has 0 spiro atoms. The highest BCUT2D eigenvalue weighted by Crippen LogP contribution is 2.36. The molecule has 3 heteroatoms. The van der Waals surface area contributed by atoms with Crippen LogP contribution in [-0.4, -0.2) is 28.4 Å². The zero-order chi connectivity index (χ0) is 17.3. The van der Waals surface area contributed by atoms with Crippen molar-refractivity contribution < 1.29 is 4.79 Å². The predicted octanol–water partition coefficient (Wildman–Crippen LogP) is 4.65. The number of rotatable bonds is 3. The second kappa shape index (κ2) is 6.23. The summed E-state index contributed by atoms with van der Waals surface area (Å²) in [7, 11) is 0. The zero-order valence-electron chi connectivity index (χ0n) is 14.6. The number of pyridine rings is 1. The average molecular weight is 320 g/mol. The molecule has 1 aliphatic heterocycles. The lowest BCUT2D eigenvalue weighted by molar-refractivity contribution is 0.0706. The Balaban J connectivity index is 1.79. The minimum Gasteiger partial charge on any atom is -0.335 e. The fourth-order valence-corrected chi connectivity index (χ4v) is 3.16. The number of carbonyl (C=O) groups is 1. The van der Waals surface area contributed by atoms with Gasteiger partial charge >= 0.3 is 0 Å². The zero-order valence-corrected chi connectivity index (χ0v) is 14.6. The molecule has 1 atom stereocenters. The number of amides is 1. The van der Waals surface area contributed by atoms with E-state index in [1.165, 1.54) is 0 Å². The monoisotopic (exact) mass is 320 g/mol. The van der Waals surface area contributed by atoms with Crippen LogP contribution in [0.3, 0.4) is 0 Å². The van der Waals surface area contributed by atoms with Crippen molar-refractivity contribution in [3.63, 3.8) is 0 Å². The molecule has 0 radical (unpaired) electrons. The third-order valence-electron chi connectivity index (χ3n) is 5.31. The van der Waals surface area contributed by atoms with Gasteiger partial charge in [0.1, 0.15) is 0 Å². The second-order valence-electron chi connectivity index (χ2n) is 7.17. The van der Waals surface area contributed by atoms with Crippen LogP contribution in [0.4, 0.5) is 0 Å². The van der Waals surface area contributed by atoms with E-state index in [2.05, 4.69) is 32.3 Å². The van der Waals surface area contributed by atoms with Gasteiger partial charge in [-0.25, -0.2) is 0 Å². The highest BCUT2D eigenvalue weighted by molar-refractivity contribution is 5.95. The lowest BCUT2D eigenvalue weighted by atomic mass is 9.86. The molecule has 24 heavy (non-hydrogen) atoms. The Bertz CT molecular complexity index is 744. The third kappa shape index (κ3) is 2.99. The summed E-state index contributed by atoms with van der Waals surface area (Å²) in [5, 5.41) is 0. The fraction of sp³-hybridized carbons (Fsp3) is 0.333. The average Bonchev–Trinajstić information content (AvgIpc) is 2.88. The Morgan fingerprint density at radius 2 is 1.96 bits per heavy atom. The Morgan fingerprint density at radius 3 is 2.46 bits per heavy atom. The Labute approximate surface area is 144 Å². The predicted molar refractivity (Wildman–Crippen MR) is 98.7 cm³/mol. The molecule has 1 aromatic heterocycles. The summed E-state index contributed by atoms with van der Waals surface area (Å²) in [6.45, 7) is 11.2. The van der Waals surface area contributed by atoms with Crippen LogP contribution in [0, 0.1) is 5.41 Å². The van der Waals surface area contributed by atoms with Crippen LogP contribution in [-0.2, 0) is 0 Å². The van der Waals surface area contributed by atoms with Crippen molar-refractivity contribution in [2.24, 2.45) is 5.41 Å². The van der Waals surface area contributed by atoms with Crippen LogP contribution >= 0.6 is 0 Å². The summed E-state index contributed by atoms with van der Waals surface area (Å²) in [6, 6.07) is 12.0. The minimum absolute atomic E-state index is 0.120. The van der Waals surface area contributed by atoms with Gasteiger partial charge in [-0.15, -0.1) is 0 Å². The first kappa shape index (κ1) is 16.4. The van der Waals surface area contributed by atoms with E-state index < -0.39 is 0 Å². The quantitative estimate of drug-likeness (QED) is 0.824. The Hall–Kier alpha value is -2.42. The van der Waals surface area contributed by atoms with E-state index in [0.29, 0.717) is 0 Å². The number of benzene rings is 1. The van der Waals surface area contributed by atoms with Crippen LogP contribution in [0.2, 0.25) is 0 Å². The van der Waals surface area contributed by atoms with Crippen LogP contribution in [0.15, 0.2) is 49.2 Å². The number of hydrogen-bond donors (Lipinski definition) is 0. The molecule has 2 aromatic rings. The van der Waals surface area contributed by atoms with Crippen molar-refractivity contribution in [3.8, 4) is 11.3 Å². The van der Waals surface area contributed by atoms with Gasteiger partial charge in [0.2, 0.25) is 0 Å². The molecule has 2 heterocycles. The summed E-state index contributed by atoms with van der Waals surface area (Å²) < 4.78 is 0. The minimum atomic E-state index is 0.120. The summed E-state index contributed by atoms with van der Waals surface area (Å²) in [6.07, 6.45) is 4.63. The molecule has 0 unspecified atom stereocenters. The first-order valence-electron chi connectivity index (χ1n) is 8.42. The van der Waals surface area contributed by atoms with E-state index in [1.807, 2.05) is 41.3 Å². The maximum atomic E-state index is 12.8. The van der Waals surface area contributed by atoms with Gasteiger partial charge in [0.25, 0.3) is 5.91 Å². The molecule has 1 amide bonds. The first-order valence-corrected chi connectivity index (χ1v) is 8.42. The van der Waals surface area contributed by atoms with Crippen LogP contribution in [0.5, 0.6) is 0 Å². The molecule has 1 fully saturated rings. The molecular weight excluding hydrogens is 296 g/mol. The van der Waals surface area contributed by atoms with Crippen molar-refractivity contribution in [1.82, 2.24) is 9.88 Å². The molecular formula is C21H24N2O. The van der Waals surface area contributed by atoms with Gasteiger partial charge < -0.3 is 4.90 Å². The number of nitrogens with zero attached hydrogens (tertiary/aromatic N) is 2. The molecule has 0 aliphatic carbocycles. The standard InChI is InChI=1S/C21H24N2O/c1-5-16-6-11-19(22-14-16)17-7-9-18(10-8-17)20(24)23-13-12-21(3,4)15(23)2/h5-11,14-15H,1,12-13H2,2-4H3/t15-/m1/s1. The Kier molecular flexibility index (Phi) is 4.27. The largest absolute Gasteiger partial charge is 0.335 e. The Morgan fingerprint density at radius 1 is 1.25 bits per heavy atom. The molecule has 3 rings (SSSR count). The van der Waals surface area contributed by atoms with E-state index in [0.717, 1.165) is 35.3 Å². The van der Waals surface area contributed by atoms with Gasteiger partial charge in [-0.05, 0) is 42.5 Å². The van der Waals surface area contributed by atoms with E-state index in [1.54, 1.807) is 12.3 Å². The fourth-order valence-electron chi connectivity index (χ4n) is 3.16. The highest BCUT2D eigenvalue weighted by Gasteiger charge is 2.39. The summed E-state index contributed by atoms with van der Waals surface area (Å²) >= 11 is 0. The summed E-state index contributed by atoms with van der Waals surface area (Å²) in [4.78, 5) is 19.2. The smallest absolute Gasteiger partial charge is 0.254 e. The highest BCUT2D eigenvalue weighted by atomic mass is 16.2. The SMILES string of the molecule is C=Cc1ccc(-c2ccc(C(=O)N3CCC(C)(C)[C@H]3C)cc2)nc1. The molecule has 124 valence electrons. The molecule has 0 saturated carbocycles. The molecule has 1 saturated heterocycles. The summed E-state index contributed by atoms with van der Waals surface area (Å²) in [5.41, 5.74) is 3.83. The number of carbonyl (C=O) groups excluding carboxylic acids is 1. The maximum Gasteiger partial charge on any atom is 0.254 e. The van der Waals surface area contributed by atoms with Crippen molar-refractivity contribution in [3.05, 3.63) is 60.3 Å². The van der Waals surface area contributed by atoms with Crippen molar-refractivity contribution >= 4 is 12.0 Å². The van der Waals surface area contributed by atoms with E-state index >= 15 is 0 Å². The maximum absolute atomic E-state index is 12.8. The normalized spacial score (nSPS) is 19.3. The molecule has 0 bridgehead atoms. The van der Waals surface area contributed by atoms with Gasteiger partial charge in [-0.1, -0.05) is 44.7 Å². The van der Waals surface area contributed by atoms with Gasteiger partial charge in [-0.3, -0.25) is 9.78 Å². The molecule has 0 N–H and O–H groups in total. The first-order chi connectivity index (χ1) is 11.4. The van der Waals surface area contributed by atoms with Gasteiger partial charge in [-0.2, -0.15) is 0 Å². The number of aromatic nitrogens is 1. The topological polar surface area (TPSA) is 33.2 Å². The van der Waals surface area contributed by atoms with Crippen LogP contribution in [0.25, 0.3) is 17.3 Å². The van der Waals surface area contributed by atoms with E-state index in [-0.39, 0.29) is 17.4 Å². The van der Waals surface area contributed by atoms with Gasteiger partial charge in [0, 0.05) is 29.9 Å². The van der Waals surface area contributed by atoms with Crippen molar-refractivity contribution in [2.75, 3.05) is 6.54 Å². The second-order valence-corrected chi connectivity index (χ2v) is 7.17. The van der Waals surface area contributed by atoms with E-state index in [9.17, 15) is 4.79 Å².